The Kier molecular flexibility index (Phi) is 7.29. The van der Waals surface area contributed by atoms with E-state index in [9.17, 15) is 0 Å². The number of aromatic nitrogens is 2. The first-order valence-corrected chi connectivity index (χ1v) is 17.3. The van der Waals surface area contributed by atoms with Crippen LogP contribution >= 0.6 is 0 Å². The summed E-state index contributed by atoms with van der Waals surface area (Å²) >= 11 is 0. The Morgan fingerprint density at radius 1 is 0.300 bits per heavy atom. The normalized spacial score (nSPS) is 11.4. The zero-order chi connectivity index (χ0) is 33.6. The van der Waals surface area contributed by atoms with Crippen molar-refractivity contribution < 1.29 is 0 Å². The van der Waals surface area contributed by atoms with Crippen LogP contribution < -0.4 is 0 Å². The first kappa shape index (κ1) is 29.7. The average molecular weight is 641 g/mol. The van der Waals surface area contributed by atoms with Crippen LogP contribution in [0.4, 0.5) is 0 Å². The van der Waals surface area contributed by atoms with Crippen molar-refractivity contribution in [1.82, 2.24) is 9.13 Å². The molecule has 0 saturated carbocycles. The molecule has 0 radical (unpaired) electrons. The SMILES string of the molecule is Cc1cc(-n2c(-c3ccccc3)ccc2-c2ccccc2)cc2cc3c(C)cc(-n4c(-c5ccccc5)ccc4-c4ccccc4)cc3cc12. The van der Waals surface area contributed by atoms with E-state index in [2.05, 4.69) is 205 Å². The lowest BCUT2D eigenvalue weighted by atomic mass is 9.96. The number of rotatable bonds is 6. The van der Waals surface area contributed by atoms with Crippen LogP contribution in [0.15, 0.2) is 182 Å². The summed E-state index contributed by atoms with van der Waals surface area (Å²) in [5.41, 5.74) is 14.4. The highest BCUT2D eigenvalue weighted by Crippen LogP contribution is 2.38. The highest BCUT2D eigenvalue weighted by atomic mass is 15.0. The molecule has 0 unspecified atom stereocenters. The van der Waals surface area contributed by atoms with E-state index in [0.717, 1.165) is 0 Å². The zero-order valence-electron chi connectivity index (χ0n) is 28.2. The maximum atomic E-state index is 2.42. The molecular formula is C48H36N2. The molecule has 2 nitrogen and oxygen atoms in total. The van der Waals surface area contributed by atoms with Gasteiger partial charge in [-0.25, -0.2) is 0 Å². The predicted molar refractivity (Wildman–Crippen MR) is 211 cm³/mol. The van der Waals surface area contributed by atoms with Crippen molar-refractivity contribution in [3.05, 3.63) is 193 Å². The third-order valence-corrected chi connectivity index (χ3v) is 9.96. The Bertz CT molecular complexity index is 2330. The molecule has 0 aliphatic heterocycles. The maximum absolute atomic E-state index is 2.42. The summed E-state index contributed by atoms with van der Waals surface area (Å²) in [6.45, 7) is 4.49. The largest absolute Gasteiger partial charge is 0.309 e. The van der Waals surface area contributed by atoms with Gasteiger partial charge in [-0.15, -0.1) is 0 Å². The Morgan fingerprint density at radius 3 is 0.860 bits per heavy atom. The summed E-state index contributed by atoms with van der Waals surface area (Å²) < 4.78 is 4.83. The molecule has 9 rings (SSSR count). The van der Waals surface area contributed by atoms with Gasteiger partial charge in [-0.1, -0.05) is 121 Å². The highest BCUT2D eigenvalue weighted by molar-refractivity contribution is 6.02. The molecule has 2 aromatic heterocycles. The molecule has 0 atom stereocenters. The van der Waals surface area contributed by atoms with Crippen LogP contribution in [0.3, 0.4) is 0 Å². The smallest absolute Gasteiger partial charge is 0.0535 e. The van der Waals surface area contributed by atoms with Crippen molar-refractivity contribution in [2.45, 2.75) is 13.8 Å². The molecule has 7 aromatic carbocycles. The zero-order valence-corrected chi connectivity index (χ0v) is 28.2. The summed E-state index contributed by atoms with van der Waals surface area (Å²) in [6.07, 6.45) is 0. The van der Waals surface area contributed by atoms with E-state index in [1.54, 1.807) is 0 Å². The average Bonchev–Trinajstić information content (AvgIpc) is 3.82. The topological polar surface area (TPSA) is 9.86 Å². The molecule has 238 valence electrons. The number of hydrogen-bond acceptors (Lipinski definition) is 0. The van der Waals surface area contributed by atoms with Gasteiger partial charge in [-0.05, 0) is 129 Å². The molecule has 0 spiro atoms. The second-order valence-corrected chi connectivity index (χ2v) is 13.2. The molecule has 2 heterocycles. The fourth-order valence-corrected chi connectivity index (χ4v) is 7.58. The van der Waals surface area contributed by atoms with Crippen LogP contribution in [0.25, 0.3) is 77.9 Å². The lowest BCUT2D eigenvalue weighted by Gasteiger charge is -2.18. The number of fused-ring (bicyclic) bond motifs is 2. The van der Waals surface area contributed by atoms with Crippen LogP contribution in [0.1, 0.15) is 11.1 Å². The van der Waals surface area contributed by atoms with Gasteiger partial charge < -0.3 is 9.13 Å². The summed E-state index contributed by atoms with van der Waals surface area (Å²) in [4.78, 5) is 0. The van der Waals surface area contributed by atoms with Crippen LogP contribution in [-0.4, -0.2) is 9.13 Å². The van der Waals surface area contributed by atoms with Crippen LogP contribution in [0.5, 0.6) is 0 Å². The van der Waals surface area contributed by atoms with Crippen LogP contribution in [0.2, 0.25) is 0 Å². The van der Waals surface area contributed by atoms with Crippen molar-refractivity contribution in [3.8, 4) is 56.4 Å². The summed E-state index contributed by atoms with van der Waals surface area (Å²) in [5.74, 6) is 0. The van der Waals surface area contributed by atoms with Crippen molar-refractivity contribution in [1.29, 1.82) is 0 Å². The van der Waals surface area contributed by atoms with Gasteiger partial charge in [0, 0.05) is 11.4 Å². The molecule has 0 fully saturated rings. The van der Waals surface area contributed by atoms with Gasteiger partial charge in [0.15, 0.2) is 0 Å². The maximum Gasteiger partial charge on any atom is 0.0535 e. The van der Waals surface area contributed by atoms with Gasteiger partial charge in [0.05, 0.1) is 22.8 Å². The minimum atomic E-state index is 1.17. The second-order valence-electron chi connectivity index (χ2n) is 13.2. The minimum absolute atomic E-state index is 1.17. The van der Waals surface area contributed by atoms with Gasteiger partial charge >= 0.3 is 0 Å². The van der Waals surface area contributed by atoms with Crippen molar-refractivity contribution in [2.75, 3.05) is 0 Å². The molecule has 9 aromatic rings. The van der Waals surface area contributed by atoms with E-state index in [-0.39, 0.29) is 0 Å². The number of aryl methyl sites for hydroxylation is 2. The molecule has 0 aliphatic carbocycles. The lowest BCUT2D eigenvalue weighted by Crippen LogP contribution is -2.01. The first-order valence-electron chi connectivity index (χ1n) is 17.3. The molecule has 2 heteroatoms. The highest BCUT2D eigenvalue weighted by Gasteiger charge is 2.18. The Balaban J connectivity index is 1.23. The fraction of sp³-hybridized carbons (Fsp3) is 0.0417. The predicted octanol–water partition coefficient (Wildman–Crippen LogP) is 12.9. The summed E-state index contributed by atoms with van der Waals surface area (Å²) in [5, 5.41) is 5.02. The van der Waals surface area contributed by atoms with E-state index in [1.807, 2.05) is 0 Å². The standard InChI is InChI=1S/C48H36N2/c1-33-27-41(49-45(35-15-7-3-8-16-35)23-24-46(49)36-17-9-4-10-18-36)29-39-32-44-34(2)28-42(30-40(44)31-43(33)39)50-47(37-19-11-5-12-20-37)25-26-48(50)38-21-13-6-14-22-38/h3-32H,1-2H3. The van der Waals surface area contributed by atoms with Gasteiger partial charge in [-0.2, -0.15) is 0 Å². The second kappa shape index (κ2) is 12.3. The van der Waals surface area contributed by atoms with Gasteiger partial charge in [0.2, 0.25) is 0 Å². The fourth-order valence-electron chi connectivity index (χ4n) is 7.58. The van der Waals surface area contributed by atoms with E-state index >= 15 is 0 Å². The molecule has 0 aliphatic rings. The number of benzene rings is 7. The van der Waals surface area contributed by atoms with E-state index < -0.39 is 0 Å². The van der Waals surface area contributed by atoms with Gasteiger partial charge in [-0.3, -0.25) is 0 Å². The monoisotopic (exact) mass is 640 g/mol. The summed E-state index contributed by atoms with van der Waals surface area (Å²) in [6, 6.07) is 66.0. The van der Waals surface area contributed by atoms with E-state index in [0.29, 0.717) is 0 Å². The third kappa shape index (κ3) is 5.14. The Morgan fingerprint density at radius 2 is 0.580 bits per heavy atom. The van der Waals surface area contributed by atoms with E-state index in [4.69, 9.17) is 0 Å². The minimum Gasteiger partial charge on any atom is -0.309 e. The van der Waals surface area contributed by atoms with Crippen molar-refractivity contribution in [3.63, 3.8) is 0 Å². The quantitative estimate of drug-likeness (QED) is 0.160. The molecule has 0 bridgehead atoms. The van der Waals surface area contributed by atoms with Gasteiger partial charge in [0.25, 0.3) is 0 Å². The Labute approximate surface area is 293 Å². The first-order chi connectivity index (χ1) is 24.6. The number of hydrogen-bond donors (Lipinski definition) is 0. The van der Waals surface area contributed by atoms with Crippen molar-refractivity contribution in [2.24, 2.45) is 0 Å². The molecule has 0 N–H and O–H groups in total. The summed E-state index contributed by atoms with van der Waals surface area (Å²) in [7, 11) is 0. The van der Waals surface area contributed by atoms with Crippen LogP contribution in [0, 0.1) is 13.8 Å². The van der Waals surface area contributed by atoms with Gasteiger partial charge in [0.1, 0.15) is 0 Å². The lowest BCUT2D eigenvalue weighted by molar-refractivity contribution is 1.09. The number of nitrogens with zero attached hydrogens (tertiary/aromatic N) is 2. The third-order valence-electron chi connectivity index (χ3n) is 9.96. The Hall–Kier alpha value is -6.38. The van der Waals surface area contributed by atoms with E-state index in [1.165, 1.54) is 89.1 Å². The molecular weight excluding hydrogens is 605 g/mol. The van der Waals surface area contributed by atoms with Crippen LogP contribution in [-0.2, 0) is 0 Å². The van der Waals surface area contributed by atoms with Crippen molar-refractivity contribution >= 4 is 21.5 Å². The molecule has 0 saturated heterocycles. The molecule has 50 heavy (non-hydrogen) atoms. The molecule has 0 amide bonds.